The molecule has 0 heterocycles. The standard InChI is InChI=1S/C22H30O2/c1-21(2,3)17-11-13-18(14-12-17)24-16-15-22(4,5)19-9-7-8-10-20(19)23-6/h7-14H,15-16H2,1-6H3. The van der Waals surface area contributed by atoms with Crippen LogP contribution in [0, 0.1) is 0 Å². The maximum absolute atomic E-state index is 5.96. The zero-order chi connectivity index (χ0) is 17.8. The Labute approximate surface area is 146 Å². The average Bonchev–Trinajstić information content (AvgIpc) is 2.54. The number of benzene rings is 2. The third-order valence-corrected chi connectivity index (χ3v) is 4.55. The van der Waals surface area contributed by atoms with Crippen LogP contribution in [0.2, 0.25) is 0 Å². The molecule has 0 saturated carbocycles. The van der Waals surface area contributed by atoms with Crippen molar-refractivity contribution in [2.45, 2.75) is 51.9 Å². The van der Waals surface area contributed by atoms with Crippen molar-refractivity contribution in [2.75, 3.05) is 13.7 Å². The normalized spacial score (nSPS) is 12.1. The highest BCUT2D eigenvalue weighted by Crippen LogP contribution is 2.34. The zero-order valence-electron chi connectivity index (χ0n) is 15.8. The molecular formula is C22H30O2. The minimum atomic E-state index is -0.00203. The highest BCUT2D eigenvalue weighted by Gasteiger charge is 2.24. The van der Waals surface area contributed by atoms with E-state index in [9.17, 15) is 0 Å². The van der Waals surface area contributed by atoms with Crippen LogP contribution in [0.5, 0.6) is 11.5 Å². The molecule has 0 bridgehead atoms. The fraction of sp³-hybridized carbons (Fsp3) is 0.455. The Morgan fingerprint density at radius 1 is 0.833 bits per heavy atom. The molecule has 0 saturated heterocycles. The van der Waals surface area contributed by atoms with Crippen molar-refractivity contribution in [3.8, 4) is 11.5 Å². The largest absolute Gasteiger partial charge is 0.496 e. The van der Waals surface area contributed by atoms with Crippen molar-refractivity contribution < 1.29 is 9.47 Å². The number of ether oxygens (including phenoxy) is 2. The van der Waals surface area contributed by atoms with E-state index in [1.807, 2.05) is 12.1 Å². The minimum Gasteiger partial charge on any atom is -0.496 e. The van der Waals surface area contributed by atoms with E-state index in [1.54, 1.807) is 7.11 Å². The van der Waals surface area contributed by atoms with E-state index < -0.39 is 0 Å². The van der Waals surface area contributed by atoms with Crippen LogP contribution in [0.4, 0.5) is 0 Å². The molecule has 24 heavy (non-hydrogen) atoms. The first kappa shape index (κ1) is 18.4. The van der Waals surface area contributed by atoms with Crippen LogP contribution in [0.15, 0.2) is 48.5 Å². The fourth-order valence-electron chi connectivity index (χ4n) is 2.81. The first-order valence-electron chi connectivity index (χ1n) is 8.61. The van der Waals surface area contributed by atoms with E-state index >= 15 is 0 Å². The van der Waals surface area contributed by atoms with Gasteiger partial charge in [-0.15, -0.1) is 0 Å². The first-order chi connectivity index (χ1) is 11.2. The molecule has 2 heteroatoms. The van der Waals surface area contributed by atoms with E-state index in [0.29, 0.717) is 6.61 Å². The van der Waals surface area contributed by atoms with Gasteiger partial charge in [0, 0.05) is 0 Å². The summed E-state index contributed by atoms with van der Waals surface area (Å²) in [6.07, 6.45) is 0.925. The second-order valence-corrected chi connectivity index (χ2v) is 7.96. The van der Waals surface area contributed by atoms with Gasteiger partial charge in [-0.05, 0) is 46.6 Å². The molecule has 0 atom stereocenters. The van der Waals surface area contributed by atoms with Crippen LogP contribution >= 0.6 is 0 Å². The first-order valence-corrected chi connectivity index (χ1v) is 8.61. The van der Waals surface area contributed by atoms with Crippen LogP contribution in [0.3, 0.4) is 0 Å². The third-order valence-electron chi connectivity index (χ3n) is 4.55. The SMILES string of the molecule is COc1ccccc1C(C)(C)CCOc1ccc(C(C)(C)C)cc1. The molecular weight excluding hydrogens is 296 g/mol. The van der Waals surface area contributed by atoms with Gasteiger partial charge in [0.05, 0.1) is 13.7 Å². The van der Waals surface area contributed by atoms with Crippen LogP contribution in [-0.4, -0.2) is 13.7 Å². The van der Waals surface area contributed by atoms with Crippen LogP contribution in [-0.2, 0) is 10.8 Å². The van der Waals surface area contributed by atoms with Crippen molar-refractivity contribution >= 4 is 0 Å². The highest BCUT2D eigenvalue weighted by molar-refractivity contribution is 5.38. The molecule has 0 amide bonds. The lowest BCUT2D eigenvalue weighted by molar-refractivity contribution is 0.269. The molecule has 0 aromatic heterocycles. The lowest BCUT2D eigenvalue weighted by Crippen LogP contribution is -2.21. The monoisotopic (exact) mass is 326 g/mol. The number of rotatable bonds is 6. The summed E-state index contributed by atoms with van der Waals surface area (Å²) in [6.45, 7) is 11.8. The molecule has 2 nitrogen and oxygen atoms in total. The van der Waals surface area contributed by atoms with Crippen LogP contribution in [0.25, 0.3) is 0 Å². The van der Waals surface area contributed by atoms with E-state index in [-0.39, 0.29) is 10.8 Å². The van der Waals surface area contributed by atoms with E-state index in [0.717, 1.165) is 17.9 Å². The maximum atomic E-state index is 5.96. The van der Waals surface area contributed by atoms with Gasteiger partial charge in [0.2, 0.25) is 0 Å². The van der Waals surface area contributed by atoms with Crippen molar-refractivity contribution in [2.24, 2.45) is 0 Å². The topological polar surface area (TPSA) is 18.5 Å². The Morgan fingerprint density at radius 3 is 2.04 bits per heavy atom. The second kappa shape index (κ2) is 7.29. The summed E-state index contributed by atoms with van der Waals surface area (Å²) in [5, 5.41) is 0. The van der Waals surface area contributed by atoms with E-state index in [2.05, 4.69) is 71.0 Å². The Balaban J connectivity index is 1.98. The van der Waals surface area contributed by atoms with Gasteiger partial charge in [-0.2, -0.15) is 0 Å². The minimum absolute atomic E-state index is 0.00203. The molecule has 0 unspecified atom stereocenters. The highest BCUT2D eigenvalue weighted by atomic mass is 16.5. The summed E-state index contributed by atoms with van der Waals surface area (Å²) in [5.41, 5.74) is 2.71. The summed E-state index contributed by atoms with van der Waals surface area (Å²) in [6, 6.07) is 16.7. The number of hydrogen-bond acceptors (Lipinski definition) is 2. The fourth-order valence-corrected chi connectivity index (χ4v) is 2.81. The van der Waals surface area contributed by atoms with E-state index in [4.69, 9.17) is 9.47 Å². The number of para-hydroxylation sites is 1. The predicted octanol–water partition coefficient (Wildman–Crippen LogP) is 5.74. The zero-order valence-corrected chi connectivity index (χ0v) is 15.8. The van der Waals surface area contributed by atoms with Gasteiger partial charge < -0.3 is 9.47 Å². The van der Waals surface area contributed by atoms with Gasteiger partial charge in [-0.3, -0.25) is 0 Å². The van der Waals surface area contributed by atoms with Gasteiger partial charge in [-0.25, -0.2) is 0 Å². The molecule has 0 aliphatic heterocycles. The Morgan fingerprint density at radius 2 is 1.46 bits per heavy atom. The summed E-state index contributed by atoms with van der Waals surface area (Å²) < 4.78 is 11.5. The predicted molar refractivity (Wildman–Crippen MR) is 101 cm³/mol. The Bertz CT molecular complexity index is 648. The van der Waals surface area contributed by atoms with E-state index in [1.165, 1.54) is 11.1 Å². The molecule has 0 radical (unpaired) electrons. The molecule has 130 valence electrons. The van der Waals surface area contributed by atoms with Gasteiger partial charge in [0.15, 0.2) is 0 Å². The molecule has 2 rings (SSSR count). The summed E-state index contributed by atoms with van der Waals surface area (Å²) in [4.78, 5) is 0. The molecule has 0 spiro atoms. The van der Waals surface area contributed by atoms with Crippen molar-refractivity contribution in [1.29, 1.82) is 0 Å². The van der Waals surface area contributed by atoms with Gasteiger partial charge in [0.25, 0.3) is 0 Å². The maximum Gasteiger partial charge on any atom is 0.122 e. The van der Waals surface area contributed by atoms with Gasteiger partial charge >= 0.3 is 0 Å². The summed E-state index contributed by atoms with van der Waals surface area (Å²) >= 11 is 0. The van der Waals surface area contributed by atoms with Crippen LogP contribution < -0.4 is 9.47 Å². The number of methoxy groups -OCH3 is 1. The molecule has 2 aromatic rings. The third kappa shape index (κ3) is 4.53. The molecule has 2 aromatic carbocycles. The average molecular weight is 326 g/mol. The second-order valence-electron chi connectivity index (χ2n) is 7.96. The lowest BCUT2D eigenvalue weighted by Gasteiger charge is -2.27. The smallest absolute Gasteiger partial charge is 0.122 e. The van der Waals surface area contributed by atoms with Gasteiger partial charge in [-0.1, -0.05) is 65.0 Å². The molecule has 0 aliphatic rings. The quantitative estimate of drug-likeness (QED) is 0.674. The molecule has 0 fully saturated rings. The number of hydrogen-bond donors (Lipinski definition) is 0. The summed E-state index contributed by atoms with van der Waals surface area (Å²) in [7, 11) is 1.72. The van der Waals surface area contributed by atoms with Crippen LogP contribution in [0.1, 0.15) is 52.2 Å². The Kier molecular flexibility index (Phi) is 5.58. The molecule has 0 N–H and O–H groups in total. The van der Waals surface area contributed by atoms with Crippen molar-refractivity contribution in [1.82, 2.24) is 0 Å². The van der Waals surface area contributed by atoms with Crippen molar-refractivity contribution in [3.63, 3.8) is 0 Å². The Hall–Kier alpha value is -1.96. The lowest BCUT2D eigenvalue weighted by atomic mass is 9.81. The molecule has 0 aliphatic carbocycles. The van der Waals surface area contributed by atoms with Gasteiger partial charge in [0.1, 0.15) is 11.5 Å². The van der Waals surface area contributed by atoms with Crippen molar-refractivity contribution in [3.05, 3.63) is 59.7 Å². The summed E-state index contributed by atoms with van der Waals surface area (Å²) in [5.74, 6) is 1.87.